The highest BCUT2D eigenvalue weighted by Crippen LogP contribution is 2.42. The van der Waals surface area contributed by atoms with Gasteiger partial charge in [0.2, 0.25) is 0 Å². The maximum atomic E-state index is 3.90. The van der Waals surface area contributed by atoms with Crippen molar-refractivity contribution in [3.05, 3.63) is 0 Å². The second-order valence-corrected chi connectivity index (χ2v) is 8.47. The van der Waals surface area contributed by atoms with Gasteiger partial charge in [0.1, 0.15) is 0 Å². The summed E-state index contributed by atoms with van der Waals surface area (Å²) in [5.41, 5.74) is 0.398. The normalized spacial score (nSPS) is 46.3. The lowest BCUT2D eigenvalue weighted by molar-refractivity contribution is 0.00338. The van der Waals surface area contributed by atoms with Crippen LogP contribution in [-0.2, 0) is 0 Å². The van der Waals surface area contributed by atoms with Crippen LogP contribution < -0.4 is 5.32 Å². The molecule has 3 heterocycles. The van der Waals surface area contributed by atoms with Crippen LogP contribution in [0.2, 0.25) is 0 Å². The standard InChI is InChI=1S/C18H33N3/c1-18(14-7-8-14)13-21(10-4-9-19-18)17-11-15-5-3-6-16(12-17)20(15)2/h14-17,19H,3-13H2,1-2H3. The van der Waals surface area contributed by atoms with Gasteiger partial charge in [0.05, 0.1) is 0 Å². The third-order valence-electron chi connectivity index (χ3n) is 6.99. The van der Waals surface area contributed by atoms with Gasteiger partial charge < -0.3 is 10.2 Å². The van der Waals surface area contributed by atoms with Gasteiger partial charge in [-0.25, -0.2) is 0 Å². The summed E-state index contributed by atoms with van der Waals surface area (Å²) in [5, 5.41) is 3.90. The molecule has 0 aromatic heterocycles. The topological polar surface area (TPSA) is 18.5 Å². The second kappa shape index (κ2) is 5.50. The van der Waals surface area contributed by atoms with Crippen LogP contribution in [0.4, 0.5) is 0 Å². The van der Waals surface area contributed by atoms with Crippen molar-refractivity contribution < 1.29 is 0 Å². The monoisotopic (exact) mass is 291 g/mol. The molecule has 4 fully saturated rings. The number of nitrogens with one attached hydrogen (secondary N) is 1. The molecule has 1 saturated carbocycles. The van der Waals surface area contributed by atoms with Crippen molar-refractivity contribution >= 4 is 0 Å². The number of nitrogens with zero attached hydrogens (tertiary/aromatic N) is 2. The molecule has 3 aliphatic heterocycles. The fourth-order valence-corrected chi connectivity index (χ4v) is 5.40. The Morgan fingerprint density at radius 3 is 2.33 bits per heavy atom. The first kappa shape index (κ1) is 14.5. The Morgan fingerprint density at radius 2 is 1.67 bits per heavy atom. The minimum atomic E-state index is 0.398. The molecule has 0 spiro atoms. The van der Waals surface area contributed by atoms with Crippen LogP contribution in [0.15, 0.2) is 0 Å². The van der Waals surface area contributed by atoms with E-state index in [1.165, 1.54) is 71.0 Å². The quantitative estimate of drug-likeness (QED) is 0.843. The number of fused-ring (bicyclic) bond motifs is 2. The van der Waals surface area contributed by atoms with Gasteiger partial charge in [0, 0.05) is 30.2 Å². The molecule has 0 aromatic carbocycles. The Kier molecular flexibility index (Phi) is 3.79. The van der Waals surface area contributed by atoms with E-state index >= 15 is 0 Å². The van der Waals surface area contributed by atoms with Crippen molar-refractivity contribution in [2.24, 2.45) is 5.92 Å². The van der Waals surface area contributed by atoms with Crippen molar-refractivity contribution in [3.8, 4) is 0 Å². The predicted molar refractivity (Wildman–Crippen MR) is 87.5 cm³/mol. The van der Waals surface area contributed by atoms with E-state index in [-0.39, 0.29) is 0 Å². The molecule has 3 saturated heterocycles. The number of piperidine rings is 2. The highest BCUT2D eigenvalue weighted by molar-refractivity contribution is 5.03. The van der Waals surface area contributed by atoms with Crippen molar-refractivity contribution in [1.82, 2.24) is 15.1 Å². The maximum Gasteiger partial charge on any atom is 0.0308 e. The predicted octanol–water partition coefficient (Wildman–Crippen LogP) is 2.47. The molecule has 3 heteroatoms. The summed E-state index contributed by atoms with van der Waals surface area (Å²) < 4.78 is 0. The average molecular weight is 291 g/mol. The Hall–Kier alpha value is -0.120. The summed E-state index contributed by atoms with van der Waals surface area (Å²) >= 11 is 0. The Bertz CT molecular complexity index is 367. The summed E-state index contributed by atoms with van der Waals surface area (Å²) in [6.45, 7) is 6.34. The molecule has 3 atom stereocenters. The largest absolute Gasteiger partial charge is 0.310 e. The van der Waals surface area contributed by atoms with E-state index < -0.39 is 0 Å². The molecular weight excluding hydrogens is 258 g/mol. The van der Waals surface area contributed by atoms with Crippen molar-refractivity contribution in [1.29, 1.82) is 0 Å². The van der Waals surface area contributed by atoms with Gasteiger partial charge in [-0.05, 0) is 77.9 Å². The number of hydrogen-bond donors (Lipinski definition) is 1. The molecule has 4 aliphatic rings. The zero-order chi connectivity index (χ0) is 14.4. The van der Waals surface area contributed by atoms with Crippen LogP contribution >= 0.6 is 0 Å². The summed E-state index contributed by atoms with van der Waals surface area (Å²) in [7, 11) is 2.38. The molecule has 120 valence electrons. The Morgan fingerprint density at radius 1 is 0.952 bits per heavy atom. The summed E-state index contributed by atoms with van der Waals surface area (Å²) in [4.78, 5) is 5.59. The zero-order valence-electron chi connectivity index (χ0n) is 14.0. The minimum Gasteiger partial charge on any atom is -0.310 e. The van der Waals surface area contributed by atoms with Gasteiger partial charge in [-0.1, -0.05) is 6.42 Å². The lowest BCUT2D eigenvalue weighted by Gasteiger charge is -2.50. The SMILES string of the molecule is CN1C2CCCC1CC(N1CCCNC(C)(C3CC3)C1)C2. The van der Waals surface area contributed by atoms with Crippen molar-refractivity contribution in [3.63, 3.8) is 0 Å². The van der Waals surface area contributed by atoms with Crippen LogP contribution in [-0.4, -0.2) is 60.1 Å². The lowest BCUT2D eigenvalue weighted by Crippen LogP contribution is -2.58. The molecule has 2 bridgehead atoms. The van der Waals surface area contributed by atoms with Crippen LogP contribution in [0.25, 0.3) is 0 Å². The zero-order valence-corrected chi connectivity index (χ0v) is 14.0. The van der Waals surface area contributed by atoms with E-state index in [1.54, 1.807) is 0 Å². The first-order valence-corrected chi connectivity index (χ1v) is 9.37. The number of hydrogen-bond acceptors (Lipinski definition) is 3. The van der Waals surface area contributed by atoms with Crippen LogP contribution in [0.1, 0.15) is 58.3 Å². The highest BCUT2D eigenvalue weighted by atomic mass is 15.3. The fraction of sp³-hybridized carbons (Fsp3) is 1.00. The minimum absolute atomic E-state index is 0.398. The lowest BCUT2D eigenvalue weighted by atomic mass is 9.81. The van der Waals surface area contributed by atoms with Crippen LogP contribution in [0, 0.1) is 5.92 Å². The van der Waals surface area contributed by atoms with E-state index in [0.717, 1.165) is 24.0 Å². The molecule has 3 nitrogen and oxygen atoms in total. The molecule has 0 amide bonds. The average Bonchev–Trinajstić information content (AvgIpc) is 3.25. The molecule has 21 heavy (non-hydrogen) atoms. The summed E-state index contributed by atoms with van der Waals surface area (Å²) in [6.07, 6.45) is 11.4. The number of rotatable bonds is 2. The highest BCUT2D eigenvalue weighted by Gasteiger charge is 2.45. The molecule has 0 radical (unpaired) electrons. The van der Waals surface area contributed by atoms with Gasteiger partial charge in [0.15, 0.2) is 0 Å². The first-order chi connectivity index (χ1) is 10.2. The molecule has 1 aliphatic carbocycles. The maximum absolute atomic E-state index is 3.90. The van der Waals surface area contributed by atoms with Gasteiger partial charge in [0.25, 0.3) is 0 Å². The molecule has 4 rings (SSSR count). The van der Waals surface area contributed by atoms with E-state index in [2.05, 4.69) is 29.1 Å². The third kappa shape index (κ3) is 2.77. The molecule has 3 unspecified atom stereocenters. The Balaban J connectivity index is 1.47. The van der Waals surface area contributed by atoms with E-state index in [4.69, 9.17) is 0 Å². The van der Waals surface area contributed by atoms with Gasteiger partial charge in [-0.3, -0.25) is 4.90 Å². The summed E-state index contributed by atoms with van der Waals surface area (Å²) in [6, 6.07) is 2.59. The van der Waals surface area contributed by atoms with Gasteiger partial charge in [-0.15, -0.1) is 0 Å². The summed E-state index contributed by atoms with van der Waals surface area (Å²) in [5.74, 6) is 0.948. The Labute approximate surface area is 130 Å². The van der Waals surface area contributed by atoms with E-state index in [1.807, 2.05) is 0 Å². The smallest absolute Gasteiger partial charge is 0.0308 e. The van der Waals surface area contributed by atoms with Crippen molar-refractivity contribution in [2.75, 3.05) is 26.7 Å². The van der Waals surface area contributed by atoms with Gasteiger partial charge >= 0.3 is 0 Å². The molecular formula is C18H33N3. The first-order valence-electron chi connectivity index (χ1n) is 9.37. The van der Waals surface area contributed by atoms with Gasteiger partial charge in [-0.2, -0.15) is 0 Å². The second-order valence-electron chi connectivity index (χ2n) is 8.47. The fourth-order valence-electron chi connectivity index (χ4n) is 5.40. The van der Waals surface area contributed by atoms with E-state index in [9.17, 15) is 0 Å². The molecule has 0 aromatic rings. The molecule has 1 N–H and O–H groups in total. The van der Waals surface area contributed by atoms with Crippen LogP contribution in [0.5, 0.6) is 0 Å². The van der Waals surface area contributed by atoms with E-state index in [0.29, 0.717) is 5.54 Å². The van der Waals surface area contributed by atoms with Crippen LogP contribution in [0.3, 0.4) is 0 Å². The van der Waals surface area contributed by atoms with Crippen molar-refractivity contribution in [2.45, 2.75) is 82.0 Å². The third-order valence-corrected chi connectivity index (χ3v) is 6.99.